The van der Waals surface area contributed by atoms with Gasteiger partial charge in [0, 0.05) is 24.5 Å². The van der Waals surface area contributed by atoms with Crippen LogP contribution in [0.2, 0.25) is 0 Å². The molecule has 1 rings (SSSR count). The molecule has 0 amide bonds. The topological polar surface area (TPSA) is 45.0 Å². The molecule has 0 aliphatic carbocycles. The summed E-state index contributed by atoms with van der Waals surface area (Å²) in [4.78, 5) is 0. The van der Waals surface area contributed by atoms with Gasteiger partial charge >= 0.3 is 0 Å². The third-order valence-corrected chi connectivity index (χ3v) is 5.12. The lowest BCUT2D eigenvalue weighted by Gasteiger charge is -2.29. The standard InChI is InChI=1S/C15H28N2OS/c1-4-15(12-16,17-13(2)3)8-5-11-19-14-6-9-18-10-7-14/h13-14,17H,4-11H2,1-3H3. The van der Waals surface area contributed by atoms with Crippen LogP contribution >= 0.6 is 11.8 Å². The van der Waals surface area contributed by atoms with E-state index in [-0.39, 0.29) is 5.54 Å². The minimum Gasteiger partial charge on any atom is -0.381 e. The largest absolute Gasteiger partial charge is 0.381 e. The molecule has 19 heavy (non-hydrogen) atoms. The Morgan fingerprint density at radius 2 is 2.11 bits per heavy atom. The fraction of sp³-hybridized carbons (Fsp3) is 0.933. The van der Waals surface area contributed by atoms with Gasteiger partial charge in [0.05, 0.1) is 6.07 Å². The quantitative estimate of drug-likeness (QED) is 0.694. The molecule has 0 aromatic heterocycles. The van der Waals surface area contributed by atoms with Crippen molar-refractivity contribution in [1.29, 1.82) is 5.26 Å². The first-order chi connectivity index (χ1) is 9.12. The summed E-state index contributed by atoms with van der Waals surface area (Å²) >= 11 is 2.06. The van der Waals surface area contributed by atoms with Gasteiger partial charge in [-0.3, -0.25) is 5.32 Å². The van der Waals surface area contributed by atoms with E-state index in [1.807, 2.05) is 0 Å². The minimum atomic E-state index is -0.329. The molecule has 110 valence electrons. The Morgan fingerprint density at radius 1 is 1.42 bits per heavy atom. The predicted molar refractivity (Wildman–Crippen MR) is 82.4 cm³/mol. The van der Waals surface area contributed by atoms with Crippen molar-refractivity contribution in [3.63, 3.8) is 0 Å². The number of ether oxygens (including phenoxy) is 1. The van der Waals surface area contributed by atoms with E-state index in [0.717, 1.165) is 43.5 Å². The van der Waals surface area contributed by atoms with Crippen molar-refractivity contribution >= 4 is 11.8 Å². The summed E-state index contributed by atoms with van der Waals surface area (Å²) in [5.41, 5.74) is -0.329. The minimum absolute atomic E-state index is 0.329. The van der Waals surface area contributed by atoms with Crippen LogP contribution in [0.15, 0.2) is 0 Å². The number of nitriles is 1. The first-order valence-corrected chi connectivity index (χ1v) is 8.55. The third-order valence-electron chi connectivity index (χ3n) is 3.65. The van der Waals surface area contributed by atoms with Crippen LogP contribution in [-0.2, 0) is 4.74 Å². The van der Waals surface area contributed by atoms with Crippen molar-refractivity contribution in [2.45, 2.75) is 69.7 Å². The normalized spacial score (nSPS) is 20.2. The average molecular weight is 284 g/mol. The van der Waals surface area contributed by atoms with Gasteiger partial charge in [0.1, 0.15) is 5.54 Å². The van der Waals surface area contributed by atoms with E-state index in [4.69, 9.17) is 4.74 Å². The fourth-order valence-corrected chi connectivity index (χ4v) is 3.71. The Labute approximate surface area is 122 Å². The molecule has 0 aromatic rings. The molecule has 0 radical (unpaired) electrons. The van der Waals surface area contributed by atoms with Gasteiger partial charge < -0.3 is 4.74 Å². The Balaban J connectivity index is 2.26. The van der Waals surface area contributed by atoms with E-state index in [1.54, 1.807) is 0 Å². The van der Waals surface area contributed by atoms with Gasteiger partial charge in [-0.2, -0.15) is 17.0 Å². The summed E-state index contributed by atoms with van der Waals surface area (Å²) in [6.45, 7) is 8.16. The third kappa shape index (κ3) is 6.16. The molecule has 1 unspecified atom stereocenters. The number of rotatable bonds is 8. The van der Waals surface area contributed by atoms with E-state index >= 15 is 0 Å². The monoisotopic (exact) mass is 284 g/mol. The lowest BCUT2D eigenvalue weighted by molar-refractivity contribution is 0.1000. The Bertz CT molecular complexity index is 284. The molecule has 1 atom stereocenters. The summed E-state index contributed by atoms with van der Waals surface area (Å²) in [6, 6.07) is 2.86. The second-order valence-corrected chi connectivity index (χ2v) is 7.04. The van der Waals surface area contributed by atoms with Crippen molar-refractivity contribution in [3.8, 4) is 6.07 Å². The molecular formula is C15H28N2OS. The van der Waals surface area contributed by atoms with Gasteiger partial charge in [-0.15, -0.1) is 0 Å². The molecule has 0 saturated carbocycles. The van der Waals surface area contributed by atoms with Crippen LogP contribution in [0, 0.1) is 11.3 Å². The van der Waals surface area contributed by atoms with E-state index in [0.29, 0.717) is 6.04 Å². The molecule has 0 spiro atoms. The highest BCUT2D eigenvalue weighted by Crippen LogP contribution is 2.25. The SMILES string of the molecule is CCC(C#N)(CCCSC1CCOCC1)NC(C)C. The van der Waals surface area contributed by atoms with Gasteiger partial charge in [0.25, 0.3) is 0 Å². The van der Waals surface area contributed by atoms with Crippen LogP contribution in [0.4, 0.5) is 0 Å². The van der Waals surface area contributed by atoms with Crippen LogP contribution in [0.25, 0.3) is 0 Å². The zero-order valence-corrected chi connectivity index (χ0v) is 13.4. The van der Waals surface area contributed by atoms with Crippen molar-refractivity contribution in [3.05, 3.63) is 0 Å². The number of thioether (sulfide) groups is 1. The zero-order valence-electron chi connectivity index (χ0n) is 12.6. The molecule has 3 nitrogen and oxygen atoms in total. The molecule has 1 saturated heterocycles. The highest BCUT2D eigenvalue weighted by molar-refractivity contribution is 7.99. The van der Waals surface area contributed by atoms with Crippen LogP contribution in [0.3, 0.4) is 0 Å². The highest BCUT2D eigenvalue weighted by atomic mass is 32.2. The van der Waals surface area contributed by atoms with Gasteiger partial charge in [0.2, 0.25) is 0 Å². The van der Waals surface area contributed by atoms with Crippen LogP contribution < -0.4 is 5.32 Å². The number of hydrogen-bond donors (Lipinski definition) is 1. The molecule has 4 heteroatoms. The first kappa shape index (κ1) is 16.8. The number of nitrogens with zero attached hydrogens (tertiary/aromatic N) is 1. The van der Waals surface area contributed by atoms with Crippen LogP contribution in [0.1, 0.15) is 52.9 Å². The average Bonchev–Trinajstić information content (AvgIpc) is 2.43. The second kappa shape index (κ2) is 8.84. The Hall–Kier alpha value is -0.240. The fourth-order valence-electron chi connectivity index (χ4n) is 2.54. The molecule has 0 aromatic carbocycles. The predicted octanol–water partition coefficient (Wildman–Crippen LogP) is 3.35. The van der Waals surface area contributed by atoms with Crippen LogP contribution in [0.5, 0.6) is 0 Å². The summed E-state index contributed by atoms with van der Waals surface area (Å²) in [5, 5.41) is 13.6. The Morgan fingerprint density at radius 3 is 2.63 bits per heavy atom. The summed E-state index contributed by atoms with van der Waals surface area (Å²) < 4.78 is 5.37. The summed E-state index contributed by atoms with van der Waals surface area (Å²) in [7, 11) is 0. The maximum atomic E-state index is 9.44. The van der Waals surface area contributed by atoms with Crippen LogP contribution in [-0.4, -0.2) is 35.8 Å². The number of hydrogen-bond acceptors (Lipinski definition) is 4. The first-order valence-electron chi connectivity index (χ1n) is 7.50. The summed E-state index contributed by atoms with van der Waals surface area (Å²) in [5.74, 6) is 1.16. The smallest absolute Gasteiger partial charge is 0.106 e. The molecule has 1 fully saturated rings. The lowest BCUT2D eigenvalue weighted by Crippen LogP contribution is -2.47. The zero-order chi connectivity index (χ0) is 14.1. The van der Waals surface area contributed by atoms with Crippen molar-refractivity contribution in [2.75, 3.05) is 19.0 Å². The summed E-state index contributed by atoms with van der Waals surface area (Å²) in [6.07, 6.45) is 5.32. The van der Waals surface area contributed by atoms with Crippen molar-refractivity contribution in [2.24, 2.45) is 0 Å². The molecular weight excluding hydrogens is 256 g/mol. The molecule has 1 N–H and O–H groups in total. The maximum absolute atomic E-state index is 9.44. The van der Waals surface area contributed by atoms with Gasteiger partial charge in [-0.05, 0) is 51.7 Å². The highest BCUT2D eigenvalue weighted by Gasteiger charge is 2.27. The van der Waals surface area contributed by atoms with E-state index in [9.17, 15) is 5.26 Å². The molecule has 1 aliphatic rings. The van der Waals surface area contributed by atoms with Crippen molar-refractivity contribution < 1.29 is 4.74 Å². The maximum Gasteiger partial charge on any atom is 0.106 e. The Kier molecular flexibility index (Phi) is 7.82. The van der Waals surface area contributed by atoms with Crippen molar-refractivity contribution in [1.82, 2.24) is 5.32 Å². The lowest BCUT2D eigenvalue weighted by atomic mass is 9.91. The molecule has 1 heterocycles. The molecule has 0 bridgehead atoms. The molecule has 1 aliphatic heterocycles. The van der Waals surface area contributed by atoms with E-state index < -0.39 is 0 Å². The van der Waals surface area contributed by atoms with Gasteiger partial charge in [-0.25, -0.2) is 0 Å². The number of nitrogens with one attached hydrogen (secondary N) is 1. The van der Waals surface area contributed by atoms with E-state index in [2.05, 4.69) is 43.9 Å². The van der Waals surface area contributed by atoms with Gasteiger partial charge in [-0.1, -0.05) is 6.92 Å². The van der Waals surface area contributed by atoms with Gasteiger partial charge in [0.15, 0.2) is 0 Å². The second-order valence-electron chi connectivity index (χ2n) is 5.63. The van der Waals surface area contributed by atoms with E-state index in [1.165, 1.54) is 12.8 Å².